The molecule has 0 aliphatic heterocycles. The number of carbonyl (C=O) groups is 1. The van der Waals surface area contributed by atoms with Gasteiger partial charge in [0.15, 0.2) is 0 Å². The van der Waals surface area contributed by atoms with Gasteiger partial charge in [0.25, 0.3) is 0 Å². The van der Waals surface area contributed by atoms with Crippen molar-refractivity contribution in [2.45, 2.75) is 32.7 Å². The molecule has 0 saturated heterocycles. The molecule has 0 aliphatic rings. The zero-order chi connectivity index (χ0) is 16.7. The summed E-state index contributed by atoms with van der Waals surface area (Å²) in [6.07, 6.45) is 1.63. The summed E-state index contributed by atoms with van der Waals surface area (Å²) in [6, 6.07) is 5.04. The number of ether oxygens (including phenoxy) is 1. The highest BCUT2D eigenvalue weighted by Crippen LogP contribution is 2.31. The van der Waals surface area contributed by atoms with Crippen LogP contribution in [0.1, 0.15) is 32.3 Å². The van der Waals surface area contributed by atoms with Gasteiger partial charge in [-0.3, -0.25) is 4.79 Å². The zero-order valence-electron chi connectivity index (χ0n) is 13.4. The summed E-state index contributed by atoms with van der Waals surface area (Å²) in [5.74, 6) is -0.953. The summed E-state index contributed by atoms with van der Waals surface area (Å²) >= 11 is 6.20. The summed E-state index contributed by atoms with van der Waals surface area (Å²) in [6.45, 7) is 11.5. The first-order valence-electron chi connectivity index (χ1n) is 7.46. The van der Waals surface area contributed by atoms with E-state index in [-0.39, 0.29) is 6.04 Å². The minimum atomic E-state index is -0.852. The van der Waals surface area contributed by atoms with Crippen LogP contribution in [0.15, 0.2) is 30.9 Å². The highest BCUT2D eigenvalue weighted by atomic mass is 35.5. The van der Waals surface area contributed by atoms with E-state index in [1.165, 1.54) is 0 Å². The molecule has 0 spiro atoms. The average Bonchev–Trinajstić information content (AvgIpc) is 2.47. The topological polar surface area (TPSA) is 49.8 Å². The Morgan fingerprint density at radius 2 is 2.09 bits per heavy atom. The van der Waals surface area contributed by atoms with Crippen molar-refractivity contribution in [2.75, 3.05) is 19.7 Å². The number of nitrogens with zero attached hydrogens (tertiary/aromatic N) is 1. The SMILES string of the molecule is C=CCOc1ccc(C(C(=O)O)C(C)N(CC)CC)cc1Cl. The molecule has 0 fully saturated rings. The van der Waals surface area contributed by atoms with Gasteiger partial charge in [-0.1, -0.05) is 44.2 Å². The van der Waals surface area contributed by atoms with Crippen LogP contribution in [0.5, 0.6) is 5.75 Å². The monoisotopic (exact) mass is 325 g/mol. The van der Waals surface area contributed by atoms with E-state index in [9.17, 15) is 9.90 Å². The van der Waals surface area contributed by atoms with Crippen molar-refractivity contribution in [1.82, 2.24) is 4.90 Å². The molecule has 0 aliphatic carbocycles. The van der Waals surface area contributed by atoms with Gasteiger partial charge in [-0.15, -0.1) is 0 Å². The Hall–Kier alpha value is -1.52. The van der Waals surface area contributed by atoms with Crippen molar-refractivity contribution in [3.63, 3.8) is 0 Å². The highest BCUT2D eigenvalue weighted by Gasteiger charge is 2.30. The van der Waals surface area contributed by atoms with E-state index in [4.69, 9.17) is 16.3 Å². The second-order valence-corrected chi connectivity index (χ2v) is 5.47. The molecular formula is C17H24ClNO3. The van der Waals surface area contributed by atoms with E-state index in [1.54, 1.807) is 24.3 Å². The maximum atomic E-state index is 11.7. The van der Waals surface area contributed by atoms with E-state index < -0.39 is 11.9 Å². The van der Waals surface area contributed by atoms with Gasteiger partial charge in [-0.05, 0) is 37.7 Å². The molecule has 1 aromatic rings. The lowest BCUT2D eigenvalue weighted by Crippen LogP contribution is -2.40. The van der Waals surface area contributed by atoms with E-state index >= 15 is 0 Å². The van der Waals surface area contributed by atoms with Gasteiger partial charge >= 0.3 is 5.97 Å². The minimum Gasteiger partial charge on any atom is -0.488 e. The number of carboxylic acids is 1. The number of likely N-dealkylation sites (N-methyl/N-ethyl adjacent to an activating group) is 1. The Morgan fingerprint density at radius 1 is 1.45 bits per heavy atom. The molecular weight excluding hydrogens is 302 g/mol. The van der Waals surface area contributed by atoms with Gasteiger partial charge in [0.2, 0.25) is 0 Å². The van der Waals surface area contributed by atoms with E-state index in [1.807, 2.05) is 20.8 Å². The van der Waals surface area contributed by atoms with Crippen molar-refractivity contribution in [3.8, 4) is 5.75 Å². The lowest BCUT2D eigenvalue weighted by molar-refractivity contribution is -0.140. The fraction of sp³-hybridized carbons (Fsp3) is 0.471. The van der Waals surface area contributed by atoms with Crippen LogP contribution >= 0.6 is 11.6 Å². The van der Waals surface area contributed by atoms with Gasteiger partial charge in [0.05, 0.1) is 10.9 Å². The number of aliphatic carboxylic acids is 1. The first-order chi connectivity index (χ1) is 10.5. The molecule has 122 valence electrons. The fourth-order valence-electron chi connectivity index (χ4n) is 2.61. The predicted octanol–water partition coefficient (Wildman–Crippen LogP) is 3.80. The number of carboxylic acid groups (broad SMARTS) is 1. The van der Waals surface area contributed by atoms with Crippen LogP contribution < -0.4 is 4.74 Å². The Morgan fingerprint density at radius 3 is 2.55 bits per heavy atom. The van der Waals surface area contributed by atoms with Crippen molar-refractivity contribution in [3.05, 3.63) is 41.4 Å². The van der Waals surface area contributed by atoms with Gasteiger partial charge in [-0.2, -0.15) is 0 Å². The maximum absolute atomic E-state index is 11.7. The first kappa shape index (κ1) is 18.5. The molecule has 1 aromatic carbocycles. The van der Waals surface area contributed by atoms with Crippen LogP contribution in [0.25, 0.3) is 0 Å². The minimum absolute atomic E-state index is 0.122. The smallest absolute Gasteiger partial charge is 0.312 e. The van der Waals surface area contributed by atoms with Gasteiger partial charge < -0.3 is 14.7 Å². The lowest BCUT2D eigenvalue weighted by atomic mass is 9.91. The van der Waals surface area contributed by atoms with Crippen molar-refractivity contribution in [1.29, 1.82) is 0 Å². The normalized spacial score (nSPS) is 13.7. The quantitative estimate of drug-likeness (QED) is 0.701. The molecule has 0 aromatic heterocycles. The molecule has 2 atom stereocenters. The van der Waals surface area contributed by atoms with Crippen molar-refractivity contribution in [2.24, 2.45) is 0 Å². The fourth-order valence-corrected chi connectivity index (χ4v) is 2.86. The van der Waals surface area contributed by atoms with Crippen LogP contribution in [-0.4, -0.2) is 41.7 Å². The van der Waals surface area contributed by atoms with E-state index in [0.717, 1.165) is 13.1 Å². The number of rotatable bonds is 9. The second kappa shape index (κ2) is 8.81. The molecule has 0 radical (unpaired) electrons. The molecule has 1 N–H and O–H groups in total. The van der Waals surface area contributed by atoms with Crippen molar-refractivity contribution < 1.29 is 14.6 Å². The molecule has 4 nitrogen and oxygen atoms in total. The van der Waals surface area contributed by atoms with Gasteiger partial charge in [0.1, 0.15) is 12.4 Å². The second-order valence-electron chi connectivity index (χ2n) is 5.07. The van der Waals surface area contributed by atoms with Gasteiger partial charge in [0, 0.05) is 6.04 Å². The number of hydrogen-bond acceptors (Lipinski definition) is 3. The maximum Gasteiger partial charge on any atom is 0.312 e. The zero-order valence-corrected chi connectivity index (χ0v) is 14.1. The molecule has 0 heterocycles. The van der Waals surface area contributed by atoms with Crippen molar-refractivity contribution >= 4 is 17.6 Å². The molecule has 0 saturated carbocycles. The highest BCUT2D eigenvalue weighted by molar-refractivity contribution is 6.32. The summed E-state index contributed by atoms with van der Waals surface area (Å²) in [7, 11) is 0. The predicted molar refractivity (Wildman–Crippen MR) is 89.9 cm³/mol. The lowest BCUT2D eigenvalue weighted by Gasteiger charge is -2.31. The van der Waals surface area contributed by atoms with Crippen LogP contribution in [0.4, 0.5) is 0 Å². The molecule has 22 heavy (non-hydrogen) atoms. The average molecular weight is 326 g/mol. The number of hydrogen-bond donors (Lipinski definition) is 1. The molecule has 5 heteroatoms. The van der Waals surface area contributed by atoms with Gasteiger partial charge in [-0.25, -0.2) is 0 Å². The van der Waals surface area contributed by atoms with Crippen LogP contribution in [0.3, 0.4) is 0 Å². The summed E-state index contributed by atoms with van der Waals surface area (Å²) < 4.78 is 5.42. The summed E-state index contributed by atoms with van der Waals surface area (Å²) in [5.41, 5.74) is 0.683. The third-order valence-corrected chi connectivity index (χ3v) is 4.10. The molecule has 0 bridgehead atoms. The van der Waals surface area contributed by atoms with Crippen LogP contribution in [0, 0.1) is 0 Å². The Balaban J connectivity index is 3.09. The summed E-state index contributed by atoms with van der Waals surface area (Å²) in [4.78, 5) is 13.9. The Kier molecular flexibility index (Phi) is 7.42. The Bertz CT molecular complexity index is 515. The standard InChI is InChI=1S/C17H24ClNO3/c1-5-10-22-15-9-8-13(11-14(15)18)16(17(20)21)12(4)19(6-2)7-3/h5,8-9,11-12,16H,1,6-7,10H2,2-4H3,(H,20,21). The third kappa shape index (κ3) is 4.49. The number of halogens is 1. The third-order valence-electron chi connectivity index (χ3n) is 3.81. The number of benzene rings is 1. The molecule has 1 rings (SSSR count). The van der Waals surface area contributed by atoms with E-state index in [0.29, 0.717) is 22.9 Å². The largest absolute Gasteiger partial charge is 0.488 e. The van der Waals surface area contributed by atoms with Crippen LogP contribution in [0.2, 0.25) is 5.02 Å². The summed E-state index contributed by atoms with van der Waals surface area (Å²) in [5, 5.41) is 10.0. The van der Waals surface area contributed by atoms with Crippen LogP contribution in [-0.2, 0) is 4.79 Å². The Labute approximate surface area is 137 Å². The van der Waals surface area contributed by atoms with E-state index in [2.05, 4.69) is 11.5 Å². The molecule has 2 unspecified atom stereocenters. The first-order valence-corrected chi connectivity index (χ1v) is 7.83. The molecule has 0 amide bonds.